The highest BCUT2D eigenvalue weighted by molar-refractivity contribution is 5.60. The Morgan fingerprint density at radius 1 is 1.36 bits per heavy atom. The van der Waals surface area contributed by atoms with Gasteiger partial charge in [0.15, 0.2) is 5.75 Å². The first kappa shape index (κ1) is 14.9. The van der Waals surface area contributed by atoms with Crippen molar-refractivity contribution in [3.63, 3.8) is 0 Å². The average Bonchev–Trinajstić information content (AvgIpc) is 2.94. The van der Waals surface area contributed by atoms with Crippen molar-refractivity contribution in [2.45, 2.75) is 6.42 Å². The molecule has 22 heavy (non-hydrogen) atoms. The van der Waals surface area contributed by atoms with E-state index in [0.717, 1.165) is 51.6 Å². The number of aromatic nitrogens is 3. The zero-order chi connectivity index (χ0) is 15.4. The van der Waals surface area contributed by atoms with E-state index in [4.69, 9.17) is 15.2 Å². The van der Waals surface area contributed by atoms with Crippen LogP contribution in [0.3, 0.4) is 0 Å². The van der Waals surface area contributed by atoms with Gasteiger partial charge in [-0.3, -0.25) is 4.90 Å². The third-order valence-corrected chi connectivity index (χ3v) is 3.75. The van der Waals surface area contributed by atoms with Crippen LogP contribution in [-0.2, 0) is 4.74 Å². The number of nitrogens with zero attached hydrogens (tertiary/aromatic N) is 4. The number of hydrogen-bond acceptors (Lipinski definition) is 7. The minimum atomic E-state index is 0.237. The second-order valence-corrected chi connectivity index (χ2v) is 5.23. The van der Waals surface area contributed by atoms with E-state index in [1.165, 1.54) is 0 Å². The number of methoxy groups -OCH3 is 1. The second kappa shape index (κ2) is 6.80. The Morgan fingerprint density at radius 2 is 2.18 bits per heavy atom. The van der Waals surface area contributed by atoms with Crippen LogP contribution in [0, 0.1) is 0 Å². The standard InChI is InChI=1S/C14H22N6O2/c1-21-11-3-4-12(20-13(11)17-14(15)18-20)16-5-2-6-19-7-9-22-10-8-19/h3-4,16H,2,5-10H2,1H3,(H2,15,18). The molecule has 0 radical (unpaired) electrons. The molecule has 1 aliphatic heterocycles. The maximum atomic E-state index is 5.69. The summed E-state index contributed by atoms with van der Waals surface area (Å²) in [5.74, 6) is 1.76. The molecule has 0 aromatic carbocycles. The van der Waals surface area contributed by atoms with Gasteiger partial charge in [-0.1, -0.05) is 0 Å². The van der Waals surface area contributed by atoms with Gasteiger partial charge in [-0.2, -0.15) is 9.50 Å². The molecule has 0 bridgehead atoms. The van der Waals surface area contributed by atoms with Gasteiger partial charge in [-0.25, -0.2) is 0 Å². The number of pyridine rings is 1. The normalized spacial score (nSPS) is 16.0. The van der Waals surface area contributed by atoms with E-state index >= 15 is 0 Å². The van der Waals surface area contributed by atoms with Gasteiger partial charge in [0.05, 0.1) is 20.3 Å². The number of nitrogens with one attached hydrogen (secondary N) is 1. The number of anilines is 2. The fraction of sp³-hybridized carbons (Fsp3) is 0.571. The molecule has 0 aliphatic carbocycles. The Labute approximate surface area is 129 Å². The van der Waals surface area contributed by atoms with Gasteiger partial charge in [-0.05, 0) is 25.1 Å². The lowest BCUT2D eigenvalue weighted by Crippen LogP contribution is -2.37. The molecule has 3 rings (SSSR count). The van der Waals surface area contributed by atoms with Crippen LogP contribution in [0.1, 0.15) is 6.42 Å². The van der Waals surface area contributed by atoms with Crippen molar-refractivity contribution >= 4 is 17.4 Å². The smallest absolute Gasteiger partial charge is 0.240 e. The van der Waals surface area contributed by atoms with E-state index in [-0.39, 0.29) is 5.95 Å². The third-order valence-electron chi connectivity index (χ3n) is 3.75. The topological polar surface area (TPSA) is 89.9 Å². The Hall–Kier alpha value is -2.06. The fourth-order valence-corrected chi connectivity index (χ4v) is 2.59. The van der Waals surface area contributed by atoms with Crippen LogP contribution in [0.2, 0.25) is 0 Å². The molecule has 0 spiro atoms. The zero-order valence-corrected chi connectivity index (χ0v) is 12.8. The SMILES string of the molecule is COc1ccc(NCCCN2CCOCC2)n2nc(N)nc12. The van der Waals surface area contributed by atoms with E-state index in [9.17, 15) is 0 Å². The van der Waals surface area contributed by atoms with Crippen LogP contribution in [0.15, 0.2) is 12.1 Å². The molecule has 0 unspecified atom stereocenters. The number of fused-ring (bicyclic) bond motifs is 1. The van der Waals surface area contributed by atoms with Crippen LogP contribution in [0.25, 0.3) is 5.65 Å². The largest absolute Gasteiger partial charge is 0.493 e. The van der Waals surface area contributed by atoms with Gasteiger partial charge in [0.1, 0.15) is 5.82 Å². The molecule has 3 heterocycles. The minimum absolute atomic E-state index is 0.237. The summed E-state index contributed by atoms with van der Waals surface area (Å²) in [6.07, 6.45) is 1.05. The van der Waals surface area contributed by atoms with E-state index in [1.807, 2.05) is 12.1 Å². The monoisotopic (exact) mass is 306 g/mol. The second-order valence-electron chi connectivity index (χ2n) is 5.23. The lowest BCUT2D eigenvalue weighted by Gasteiger charge is -2.26. The first-order chi connectivity index (χ1) is 10.8. The molecule has 120 valence electrons. The summed E-state index contributed by atoms with van der Waals surface area (Å²) in [6.45, 7) is 5.64. The summed E-state index contributed by atoms with van der Waals surface area (Å²) in [4.78, 5) is 6.61. The Bertz CT molecular complexity index is 623. The molecule has 1 fully saturated rings. The van der Waals surface area contributed by atoms with Crippen molar-refractivity contribution in [3.05, 3.63) is 12.1 Å². The van der Waals surface area contributed by atoms with Gasteiger partial charge in [-0.15, -0.1) is 5.10 Å². The van der Waals surface area contributed by atoms with Crippen molar-refractivity contribution in [2.75, 3.05) is 57.6 Å². The first-order valence-electron chi connectivity index (χ1n) is 7.51. The summed E-state index contributed by atoms with van der Waals surface area (Å²) in [5.41, 5.74) is 6.31. The van der Waals surface area contributed by atoms with Gasteiger partial charge in [0.2, 0.25) is 11.6 Å². The van der Waals surface area contributed by atoms with Crippen LogP contribution >= 0.6 is 0 Å². The van der Waals surface area contributed by atoms with Gasteiger partial charge < -0.3 is 20.5 Å². The molecule has 0 saturated carbocycles. The molecule has 3 N–H and O–H groups in total. The quantitative estimate of drug-likeness (QED) is 0.749. The first-order valence-corrected chi connectivity index (χ1v) is 7.51. The average molecular weight is 306 g/mol. The van der Waals surface area contributed by atoms with Gasteiger partial charge >= 0.3 is 0 Å². The van der Waals surface area contributed by atoms with Crippen molar-refractivity contribution < 1.29 is 9.47 Å². The lowest BCUT2D eigenvalue weighted by atomic mass is 10.3. The minimum Gasteiger partial charge on any atom is -0.493 e. The number of nitrogens with two attached hydrogens (primary N) is 1. The predicted octanol–water partition coefficient (Wildman–Crippen LogP) is 0.454. The van der Waals surface area contributed by atoms with Crippen LogP contribution in [0.5, 0.6) is 5.75 Å². The van der Waals surface area contributed by atoms with E-state index in [0.29, 0.717) is 11.4 Å². The zero-order valence-electron chi connectivity index (χ0n) is 12.8. The van der Waals surface area contributed by atoms with Crippen molar-refractivity contribution in [3.8, 4) is 5.75 Å². The summed E-state index contributed by atoms with van der Waals surface area (Å²) in [7, 11) is 1.61. The summed E-state index contributed by atoms with van der Waals surface area (Å²) < 4.78 is 12.3. The predicted molar refractivity (Wildman–Crippen MR) is 84.3 cm³/mol. The Balaban J connectivity index is 1.59. The molecule has 2 aromatic heterocycles. The van der Waals surface area contributed by atoms with Gasteiger partial charge in [0, 0.05) is 19.6 Å². The maximum Gasteiger partial charge on any atom is 0.240 e. The van der Waals surface area contributed by atoms with E-state index in [1.54, 1.807) is 11.6 Å². The highest BCUT2D eigenvalue weighted by Gasteiger charge is 2.12. The highest BCUT2D eigenvalue weighted by Crippen LogP contribution is 2.22. The van der Waals surface area contributed by atoms with E-state index in [2.05, 4.69) is 20.3 Å². The van der Waals surface area contributed by atoms with Crippen LogP contribution < -0.4 is 15.8 Å². The number of hydrogen-bond donors (Lipinski definition) is 2. The molecule has 1 saturated heterocycles. The van der Waals surface area contributed by atoms with Crippen LogP contribution in [-0.4, -0.2) is 66.0 Å². The molecule has 2 aromatic rings. The summed E-state index contributed by atoms with van der Waals surface area (Å²) in [5, 5.41) is 7.59. The fourth-order valence-electron chi connectivity index (χ4n) is 2.59. The third kappa shape index (κ3) is 3.23. The number of rotatable bonds is 6. The van der Waals surface area contributed by atoms with Crippen LogP contribution in [0.4, 0.5) is 11.8 Å². The van der Waals surface area contributed by atoms with Crippen molar-refractivity contribution in [2.24, 2.45) is 0 Å². The molecule has 1 aliphatic rings. The Morgan fingerprint density at radius 3 is 2.95 bits per heavy atom. The summed E-state index contributed by atoms with van der Waals surface area (Å²) in [6, 6.07) is 3.79. The molecule has 0 amide bonds. The molecule has 8 heteroatoms. The molecule has 8 nitrogen and oxygen atoms in total. The van der Waals surface area contributed by atoms with Crippen molar-refractivity contribution in [1.29, 1.82) is 0 Å². The van der Waals surface area contributed by atoms with E-state index < -0.39 is 0 Å². The molecular formula is C14H22N6O2. The number of ether oxygens (including phenoxy) is 2. The molecule has 0 atom stereocenters. The summed E-state index contributed by atoms with van der Waals surface area (Å²) >= 11 is 0. The maximum absolute atomic E-state index is 5.69. The number of nitrogen functional groups attached to an aromatic ring is 1. The Kier molecular flexibility index (Phi) is 4.59. The number of morpholine rings is 1. The van der Waals surface area contributed by atoms with Gasteiger partial charge in [0.25, 0.3) is 0 Å². The molecular weight excluding hydrogens is 284 g/mol. The van der Waals surface area contributed by atoms with Crippen molar-refractivity contribution in [1.82, 2.24) is 19.5 Å². The lowest BCUT2D eigenvalue weighted by molar-refractivity contribution is 0.0378. The highest BCUT2D eigenvalue weighted by atomic mass is 16.5.